The number of benzene rings is 1. The van der Waals surface area contributed by atoms with Crippen molar-refractivity contribution in [3.8, 4) is 0 Å². The summed E-state index contributed by atoms with van der Waals surface area (Å²) >= 11 is 0. The molecule has 126 valence electrons. The highest BCUT2D eigenvalue weighted by atomic mass is 16.5. The molecule has 0 fully saturated rings. The molecule has 1 rings (SSSR count). The zero-order chi connectivity index (χ0) is 17.5. The molecular weight excluding hydrogens is 288 g/mol. The fraction of sp³-hybridized carbons (Fsp3) is 0.500. The Morgan fingerprint density at radius 3 is 2.22 bits per heavy atom. The van der Waals surface area contributed by atoms with Crippen molar-refractivity contribution in [1.82, 2.24) is 0 Å². The van der Waals surface area contributed by atoms with Crippen LogP contribution in [-0.2, 0) is 14.3 Å². The van der Waals surface area contributed by atoms with Crippen molar-refractivity contribution in [2.45, 2.75) is 41.0 Å². The van der Waals surface area contributed by atoms with Crippen molar-refractivity contribution < 1.29 is 14.3 Å². The molecule has 0 spiro atoms. The van der Waals surface area contributed by atoms with Crippen molar-refractivity contribution in [1.29, 1.82) is 0 Å². The largest absolute Gasteiger partial charge is 0.466 e. The van der Waals surface area contributed by atoms with Crippen LogP contribution in [0.2, 0.25) is 0 Å². The second kappa shape index (κ2) is 8.66. The van der Waals surface area contributed by atoms with Gasteiger partial charge in [-0.1, -0.05) is 64.1 Å². The lowest BCUT2D eigenvalue weighted by Gasteiger charge is -2.33. The first-order chi connectivity index (χ1) is 10.8. The number of carbonyl (C=O) groups excluding carboxylic acids is 2. The molecule has 1 aromatic rings. The average molecular weight is 316 g/mol. The quantitative estimate of drug-likeness (QED) is 0.548. The molecule has 1 aromatic carbocycles. The topological polar surface area (TPSA) is 43.4 Å². The zero-order valence-corrected chi connectivity index (χ0v) is 14.8. The maximum absolute atomic E-state index is 12.6. The maximum Gasteiger partial charge on any atom is 0.310 e. The predicted molar refractivity (Wildman–Crippen MR) is 93.8 cm³/mol. The van der Waals surface area contributed by atoms with Crippen LogP contribution < -0.4 is 0 Å². The number of ether oxygens (including phenoxy) is 1. The summed E-state index contributed by atoms with van der Waals surface area (Å²) in [6.45, 7) is 9.99. The second-order valence-corrected chi connectivity index (χ2v) is 6.76. The van der Waals surface area contributed by atoms with Crippen LogP contribution in [0.25, 0.3) is 6.08 Å². The molecule has 0 saturated carbocycles. The Hall–Kier alpha value is -1.90. The molecule has 0 aliphatic carbocycles. The van der Waals surface area contributed by atoms with Gasteiger partial charge in [-0.2, -0.15) is 0 Å². The van der Waals surface area contributed by atoms with Gasteiger partial charge in [0.1, 0.15) is 0 Å². The van der Waals surface area contributed by atoms with Gasteiger partial charge >= 0.3 is 5.97 Å². The SMILES string of the molecule is CCOC(=O)C(C(CC)C(=O)C=Cc1ccccc1)C(C)(C)C. The lowest BCUT2D eigenvalue weighted by Crippen LogP contribution is -2.39. The lowest BCUT2D eigenvalue weighted by molar-refractivity contribution is -0.156. The number of esters is 1. The molecule has 0 aromatic heterocycles. The monoisotopic (exact) mass is 316 g/mol. The van der Waals surface area contributed by atoms with Crippen molar-refractivity contribution >= 4 is 17.8 Å². The number of ketones is 1. The minimum atomic E-state index is -0.444. The van der Waals surface area contributed by atoms with Crippen LogP contribution in [0.1, 0.15) is 46.6 Å². The van der Waals surface area contributed by atoms with E-state index in [9.17, 15) is 9.59 Å². The molecule has 0 bridgehead atoms. The third-order valence-electron chi connectivity index (χ3n) is 3.92. The first kappa shape index (κ1) is 19.1. The van der Waals surface area contributed by atoms with Gasteiger partial charge in [0.25, 0.3) is 0 Å². The lowest BCUT2D eigenvalue weighted by atomic mass is 9.70. The number of hydrogen-bond donors (Lipinski definition) is 0. The first-order valence-corrected chi connectivity index (χ1v) is 8.24. The van der Waals surface area contributed by atoms with Crippen molar-refractivity contribution in [2.75, 3.05) is 6.61 Å². The highest BCUT2D eigenvalue weighted by molar-refractivity contribution is 5.97. The van der Waals surface area contributed by atoms with E-state index in [1.165, 1.54) is 0 Å². The van der Waals surface area contributed by atoms with Gasteiger partial charge in [-0.05, 0) is 30.4 Å². The van der Waals surface area contributed by atoms with E-state index in [0.29, 0.717) is 13.0 Å². The Bertz CT molecular complexity index is 538. The molecule has 0 amide bonds. The fourth-order valence-electron chi connectivity index (χ4n) is 2.82. The van der Waals surface area contributed by atoms with E-state index in [4.69, 9.17) is 4.74 Å². The average Bonchev–Trinajstić information content (AvgIpc) is 2.50. The number of allylic oxidation sites excluding steroid dienone is 1. The first-order valence-electron chi connectivity index (χ1n) is 8.24. The van der Waals surface area contributed by atoms with Gasteiger partial charge < -0.3 is 4.74 Å². The predicted octanol–water partition coefficient (Wildman–Crippen LogP) is 4.52. The summed E-state index contributed by atoms with van der Waals surface area (Å²) in [5.41, 5.74) is 0.641. The summed E-state index contributed by atoms with van der Waals surface area (Å²) in [5.74, 6) is -1.12. The van der Waals surface area contributed by atoms with E-state index < -0.39 is 5.92 Å². The molecule has 3 heteroatoms. The molecule has 23 heavy (non-hydrogen) atoms. The van der Waals surface area contributed by atoms with Crippen LogP contribution in [0.3, 0.4) is 0 Å². The summed E-state index contributed by atoms with van der Waals surface area (Å²) in [6.07, 6.45) is 4.00. The third-order valence-corrected chi connectivity index (χ3v) is 3.92. The molecular formula is C20H28O3. The van der Waals surface area contributed by atoms with Gasteiger partial charge in [-0.15, -0.1) is 0 Å². The number of carbonyl (C=O) groups is 2. The van der Waals surface area contributed by atoms with Crippen LogP contribution in [0.4, 0.5) is 0 Å². The van der Waals surface area contributed by atoms with Crippen molar-refractivity contribution in [2.24, 2.45) is 17.3 Å². The van der Waals surface area contributed by atoms with Crippen LogP contribution >= 0.6 is 0 Å². The fourth-order valence-corrected chi connectivity index (χ4v) is 2.82. The summed E-state index contributed by atoms with van der Waals surface area (Å²) in [7, 11) is 0. The van der Waals surface area contributed by atoms with Gasteiger partial charge in [0.15, 0.2) is 5.78 Å². The second-order valence-electron chi connectivity index (χ2n) is 6.76. The van der Waals surface area contributed by atoms with E-state index in [-0.39, 0.29) is 23.1 Å². The molecule has 0 radical (unpaired) electrons. The summed E-state index contributed by atoms with van der Waals surface area (Å²) in [5, 5.41) is 0. The standard InChI is InChI=1S/C20H28O3/c1-6-16(18(20(3,4)5)19(22)23-7-2)17(21)14-13-15-11-9-8-10-12-15/h8-14,16,18H,6-7H2,1-5H3. The number of hydrogen-bond acceptors (Lipinski definition) is 3. The highest BCUT2D eigenvalue weighted by Gasteiger charge is 2.40. The third kappa shape index (κ3) is 5.66. The van der Waals surface area contributed by atoms with E-state index in [2.05, 4.69) is 0 Å². The number of rotatable bonds is 7. The Morgan fingerprint density at radius 1 is 1.13 bits per heavy atom. The van der Waals surface area contributed by atoms with Gasteiger partial charge in [0, 0.05) is 5.92 Å². The van der Waals surface area contributed by atoms with Crippen LogP contribution in [-0.4, -0.2) is 18.4 Å². The molecule has 2 unspecified atom stereocenters. The minimum absolute atomic E-state index is 0.0238. The minimum Gasteiger partial charge on any atom is -0.466 e. The molecule has 0 saturated heterocycles. The highest BCUT2D eigenvalue weighted by Crippen LogP contribution is 2.35. The molecule has 0 heterocycles. The normalized spacial score (nSPS) is 14.5. The molecule has 2 atom stereocenters. The van der Waals surface area contributed by atoms with Crippen LogP contribution in [0.15, 0.2) is 36.4 Å². The van der Waals surface area contributed by atoms with E-state index in [1.807, 2.05) is 58.0 Å². The van der Waals surface area contributed by atoms with E-state index >= 15 is 0 Å². The molecule has 0 aliphatic heterocycles. The summed E-state index contributed by atoms with van der Waals surface area (Å²) in [6, 6.07) is 9.68. The van der Waals surface area contributed by atoms with Gasteiger partial charge in [-0.25, -0.2) is 0 Å². The molecule has 0 N–H and O–H groups in total. The van der Waals surface area contributed by atoms with E-state index in [0.717, 1.165) is 5.56 Å². The van der Waals surface area contributed by atoms with Crippen LogP contribution in [0, 0.1) is 17.3 Å². The summed E-state index contributed by atoms with van der Waals surface area (Å²) in [4.78, 5) is 25.0. The Balaban J connectivity index is 3.00. The van der Waals surface area contributed by atoms with Crippen molar-refractivity contribution in [3.63, 3.8) is 0 Å². The molecule has 0 aliphatic rings. The maximum atomic E-state index is 12.6. The Morgan fingerprint density at radius 2 is 1.74 bits per heavy atom. The molecule has 3 nitrogen and oxygen atoms in total. The van der Waals surface area contributed by atoms with Gasteiger partial charge in [-0.3, -0.25) is 9.59 Å². The smallest absolute Gasteiger partial charge is 0.310 e. The summed E-state index contributed by atoms with van der Waals surface area (Å²) < 4.78 is 5.21. The van der Waals surface area contributed by atoms with Crippen molar-refractivity contribution in [3.05, 3.63) is 42.0 Å². The van der Waals surface area contributed by atoms with Crippen LogP contribution in [0.5, 0.6) is 0 Å². The Labute approximate surface area is 139 Å². The van der Waals surface area contributed by atoms with Gasteiger partial charge in [0.2, 0.25) is 0 Å². The zero-order valence-electron chi connectivity index (χ0n) is 14.8. The Kier molecular flexibility index (Phi) is 7.21. The van der Waals surface area contributed by atoms with Gasteiger partial charge in [0.05, 0.1) is 12.5 Å². The van der Waals surface area contributed by atoms with E-state index in [1.54, 1.807) is 19.1 Å².